The van der Waals surface area contributed by atoms with Crippen LogP contribution >= 0.6 is 0 Å². The number of aryl methyl sites for hydroxylation is 1. The van der Waals surface area contributed by atoms with E-state index in [1.54, 1.807) is 30.0 Å². The van der Waals surface area contributed by atoms with Crippen LogP contribution in [0.5, 0.6) is 5.75 Å². The molecular formula is C17H26N2O5S. The predicted octanol–water partition coefficient (Wildman–Crippen LogP) is 2.25. The molecule has 140 valence electrons. The number of rotatable bonds is 5. The van der Waals surface area contributed by atoms with E-state index >= 15 is 0 Å². The first-order valence-electron chi connectivity index (χ1n) is 8.55. The first kappa shape index (κ1) is 19.5. The van der Waals surface area contributed by atoms with Gasteiger partial charge in [0, 0.05) is 26.2 Å². The molecule has 1 fully saturated rings. The largest absolute Gasteiger partial charge is 0.494 e. The molecular weight excluding hydrogens is 344 g/mol. The van der Waals surface area contributed by atoms with E-state index in [1.807, 2.05) is 13.8 Å². The van der Waals surface area contributed by atoms with Crippen molar-refractivity contribution in [1.29, 1.82) is 0 Å². The Morgan fingerprint density at radius 3 is 2.52 bits per heavy atom. The molecule has 1 aromatic carbocycles. The SMILES string of the molecule is CCOC(=O)N1CCCN(S(=O)(=O)c2ccc(OCC)c(C)c2)CC1. The second-order valence-corrected chi connectivity index (χ2v) is 7.74. The Labute approximate surface area is 149 Å². The standard InChI is InChI=1S/C17H26N2O5S/c1-4-23-16-8-7-15(13-14(16)3)25(21,22)19-10-6-9-18(11-12-19)17(20)24-5-2/h7-8,13H,4-6,9-12H2,1-3H3. The summed E-state index contributed by atoms with van der Waals surface area (Å²) in [6.45, 7) is 7.76. The Morgan fingerprint density at radius 2 is 1.88 bits per heavy atom. The summed E-state index contributed by atoms with van der Waals surface area (Å²) in [4.78, 5) is 13.6. The number of ether oxygens (including phenoxy) is 2. The van der Waals surface area contributed by atoms with Gasteiger partial charge in [-0.05, 0) is 51.0 Å². The molecule has 1 saturated heterocycles. The van der Waals surface area contributed by atoms with Gasteiger partial charge in [0.25, 0.3) is 0 Å². The maximum Gasteiger partial charge on any atom is 0.409 e. The second-order valence-electron chi connectivity index (χ2n) is 5.80. The lowest BCUT2D eigenvalue weighted by atomic mass is 10.2. The Bertz CT molecular complexity index is 705. The van der Waals surface area contributed by atoms with E-state index in [1.165, 1.54) is 4.31 Å². The monoisotopic (exact) mass is 370 g/mol. The van der Waals surface area contributed by atoms with Gasteiger partial charge in [0.2, 0.25) is 10.0 Å². The van der Waals surface area contributed by atoms with Gasteiger partial charge in [-0.2, -0.15) is 4.31 Å². The number of carbonyl (C=O) groups is 1. The number of hydrogen-bond donors (Lipinski definition) is 0. The number of nitrogens with zero attached hydrogens (tertiary/aromatic N) is 2. The number of sulfonamides is 1. The van der Waals surface area contributed by atoms with Crippen molar-refractivity contribution in [3.05, 3.63) is 23.8 Å². The average molecular weight is 370 g/mol. The van der Waals surface area contributed by atoms with Crippen LogP contribution in [0, 0.1) is 6.92 Å². The maximum atomic E-state index is 12.9. The summed E-state index contributed by atoms with van der Waals surface area (Å²) in [6, 6.07) is 4.89. The van der Waals surface area contributed by atoms with Crippen molar-refractivity contribution in [2.24, 2.45) is 0 Å². The molecule has 0 radical (unpaired) electrons. The van der Waals surface area contributed by atoms with Gasteiger partial charge in [-0.25, -0.2) is 13.2 Å². The summed E-state index contributed by atoms with van der Waals surface area (Å²) >= 11 is 0. The molecule has 0 spiro atoms. The van der Waals surface area contributed by atoms with Crippen molar-refractivity contribution in [3.8, 4) is 5.75 Å². The van der Waals surface area contributed by atoms with Gasteiger partial charge in [-0.3, -0.25) is 0 Å². The zero-order chi connectivity index (χ0) is 18.4. The van der Waals surface area contributed by atoms with Crippen LogP contribution in [0.4, 0.5) is 4.79 Å². The Hall–Kier alpha value is -1.80. The van der Waals surface area contributed by atoms with Crippen molar-refractivity contribution in [3.63, 3.8) is 0 Å². The van der Waals surface area contributed by atoms with E-state index < -0.39 is 16.1 Å². The predicted molar refractivity (Wildman–Crippen MR) is 94.3 cm³/mol. The highest BCUT2D eigenvalue weighted by Gasteiger charge is 2.29. The van der Waals surface area contributed by atoms with E-state index in [-0.39, 0.29) is 11.4 Å². The minimum Gasteiger partial charge on any atom is -0.494 e. The highest BCUT2D eigenvalue weighted by atomic mass is 32.2. The minimum absolute atomic E-state index is 0.248. The molecule has 0 bridgehead atoms. The molecule has 1 aliphatic rings. The van der Waals surface area contributed by atoms with Crippen LogP contribution in [-0.4, -0.2) is 63.1 Å². The fourth-order valence-electron chi connectivity index (χ4n) is 2.78. The van der Waals surface area contributed by atoms with Crippen LogP contribution in [0.2, 0.25) is 0 Å². The highest BCUT2D eigenvalue weighted by Crippen LogP contribution is 2.24. The van der Waals surface area contributed by atoms with Crippen molar-refractivity contribution in [2.75, 3.05) is 39.4 Å². The van der Waals surface area contributed by atoms with Gasteiger partial charge in [-0.15, -0.1) is 0 Å². The second kappa shape index (κ2) is 8.53. The molecule has 0 N–H and O–H groups in total. The van der Waals surface area contributed by atoms with E-state index in [0.717, 1.165) is 5.56 Å². The average Bonchev–Trinajstić information content (AvgIpc) is 2.83. The molecule has 0 unspecified atom stereocenters. The number of benzene rings is 1. The van der Waals surface area contributed by atoms with E-state index in [4.69, 9.17) is 9.47 Å². The summed E-state index contributed by atoms with van der Waals surface area (Å²) in [7, 11) is -3.60. The van der Waals surface area contributed by atoms with Gasteiger partial charge in [0.1, 0.15) is 5.75 Å². The normalized spacial score (nSPS) is 16.4. The van der Waals surface area contributed by atoms with Crippen molar-refractivity contribution < 1.29 is 22.7 Å². The molecule has 7 nitrogen and oxygen atoms in total. The molecule has 1 amide bonds. The maximum absolute atomic E-state index is 12.9. The minimum atomic E-state index is -3.60. The first-order chi connectivity index (χ1) is 11.9. The molecule has 8 heteroatoms. The first-order valence-corrected chi connectivity index (χ1v) is 9.99. The van der Waals surface area contributed by atoms with Crippen LogP contribution in [0.3, 0.4) is 0 Å². The summed E-state index contributed by atoms with van der Waals surface area (Å²) in [5.74, 6) is 0.686. The fourth-order valence-corrected chi connectivity index (χ4v) is 4.34. The Morgan fingerprint density at radius 1 is 1.12 bits per heavy atom. The van der Waals surface area contributed by atoms with Crippen LogP contribution in [-0.2, 0) is 14.8 Å². The van der Waals surface area contributed by atoms with Gasteiger partial charge in [0.15, 0.2) is 0 Å². The summed E-state index contributed by atoms with van der Waals surface area (Å²) in [5.41, 5.74) is 0.783. The van der Waals surface area contributed by atoms with Gasteiger partial charge >= 0.3 is 6.09 Å². The van der Waals surface area contributed by atoms with Gasteiger partial charge in [0.05, 0.1) is 18.1 Å². The third kappa shape index (κ3) is 4.64. The molecule has 25 heavy (non-hydrogen) atoms. The quantitative estimate of drug-likeness (QED) is 0.794. The van der Waals surface area contributed by atoms with Gasteiger partial charge < -0.3 is 14.4 Å². The smallest absolute Gasteiger partial charge is 0.409 e. The van der Waals surface area contributed by atoms with Crippen LogP contribution in [0.1, 0.15) is 25.8 Å². The van der Waals surface area contributed by atoms with E-state index in [0.29, 0.717) is 45.0 Å². The zero-order valence-corrected chi connectivity index (χ0v) is 15.8. The van der Waals surface area contributed by atoms with Crippen molar-refractivity contribution in [1.82, 2.24) is 9.21 Å². The summed E-state index contributed by atoms with van der Waals surface area (Å²) in [6.07, 6.45) is 0.187. The fraction of sp³-hybridized carbons (Fsp3) is 0.588. The zero-order valence-electron chi connectivity index (χ0n) is 15.0. The molecule has 0 atom stereocenters. The lowest BCUT2D eigenvalue weighted by Gasteiger charge is -2.22. The highest BCUT2D eigenvalue weighted by molar-refractivity contribution is 7.89. The van der Waals surface area contributed by atoms with Gasteiger partial charge in [-0.1, -0.05) is 0 Å². The molecule has 0 aliphatic carbocycles. The molecule has 1 aromatic rings. The topological polar surface area (TPSA) is 76.2 Å². The third-order valence-electron chi connectivity index (χ3n) is 4.06. The number of carbonyl (C=O) groups excluding carboxylic acids is 1. The summed E-state index contributed by atoms with van der Waals surface area (Å²) in [5, 5.41) is 0. The molecule has 1 heterocycles. The van der Waals surface area contributed by atoms with E-state index in [9.17, 15) is 13.2 Å². The number of hydrogen-bond acceptors (Lipinski definition) is 5. The van der Waals surface area contributed by atoms with E-state index in [2.05, 4.69) is 0 Å². The molecule has 2 rings (SSSR count). The lowest BCUT2D eigenvalue weighted by molar-refractivity contribution is 0.109. The Balaban J connectivity index is 2.14. The molecule has 0 saturated carbocycles. The molecule has 1 aliphatic heterocycles. The third-order valence-corrected chi connectivity index (χ3v) is 5.96. The van der Waals surface area contributed by atoms with Crippen LogP contribution < -0.4 is 4.74 Å². The van der Waals surface area contributed by atoms with Crippen molar-refractivity contribution in [2.45, 2.75) is 32.1 Å². The van der Waals surface area contributed by atoms with Crippen LogP contribution in [0.15, 0.2) is 23.1 Å². The molecule has 0 aromatic heterocycles. The number of amides is 1. The summed E-state index contributed by atoms with van der Waals surface area (Å²) < 4.78 is 37.7. The van der Waals surface area contributed by atoms with Crippen molar-refractivity contribution >= 4 is 16.1 Å². The van der Waals surface area contributed by atoms with Crippen LogP contribution in [0.25, 0.3) is 0 Å². The lowest BCUT2D eigenvalue weighted by Crippen LogP contribution is -2.37. The Kier molecular flexibility index (Phi) is 6.66.